The molecule has 0 radical (unpaired) electrons. The Morgan fingerprint density at radius 3 is 1.29 bits per heavy atom. The number of methoxy groups -OCH3 is 4. The molecule has 94 heavy (non-hydrogen) atoms. The Morgan fingerprint density at radius 2 is 0.894 bits per heavy atom. The van der Waals surface area contributed by atoms with Crippen LogP contribution in [0.5, 0.6) is 44.9 Å². The fraction of sp³-hybridized carbons (Fsp3) is 0.371. The Hall–Kier alpha value is -6.90. The molecule has 2 heterocycles. The number of urea groups is 2. The van der Waals surface area contributed by atoms with Gasteiger partial charge in [0.1, 0.15) is 44.3 Å². The van der Waals surface area contributed by atoms with E-state index in [4.69, 9.17) is 33.4 Å². The van der Waals surface area contributed by atoms with Crippen molar-refractivity contribution in [3.63, 3.8) is 0 Å². The molecule has 0 unspecified atom stereocenters. The molecule has 510 valence electrons. The van der Waals surface area contributed by atoms with Gasteiger partial charge in [0.25, 0.3) is 25.2 Å². The van der Waals surface area contributed by atoms with Gasteiger partial charge in [0.05, 0.1) is 27.0 Å². The molecule has 8 rings (SSSR count). The van der Waals surface area contributed by atoms with Gasteiger partial charge in [-0.05, 0) is 149 Å². The van der Waals surface area contributed by atoms with Crippen LogP contribution in [0.1, 0.15) is 116 Å². The van der Waals surface area contributed by atoms with E-state index < -0.39 is 61.6 Å². The van der Waals surface area contributed by atoms with Crippen molar-refractivity contribution < 1.29 is 54.8 Å². The average Bonchev–Trinajstić information content (AvgIpc) is 1.13. The van der Waals surface area contributed by atoms with Gasteiger partial charge in [-0.3, -0.25) is 0 Å². The van der Waals surface area contributed by atoms with Gasteiger partial charge in [-0.15, -0.1) is 0 Å². The number of hydrogen-bond acceptors (Lipinski definition) is 16. The average molecular weight is 1540 g/mol. The number of amides is 4. The Labute approximate surface area is 578 Å². The third kappa shape index (κ3) is 24.1. The molecular formula is C70H93BrN6O12S4Sn. The van der Waals surface area contributed by atoms with E-state index in [2.05, 4.69) is 62.4 Å². The van der Waals surface area contributed by atoms with Crippen LogP contribution in [0, 0.1) is 0 Å². The topological polar surface area (TPSA) is 232 Å². The summed E-state index contributed by atoms with van der Waals surface area (Å²) in [5.41, 5.74) is 3.45. The fourth-order valence-electron chi connectivity index (χ4n) is 9.51. The van der Waals surface area contributed by atoms with E-state index >= 15 is 0 Å². The number of sulfonamides is 2. The molecule has 2 aromatic heterocycles. The van der Waals surface area contributed by atoms with Crippen LogP contribution in [0.15, 0.2) is 158 Å². The summed E-state index contributed by atoms with van der Waals surface area (Å²) in [6.07, 6.45) is 8.13. The molecule has 8 aromatic rings. The van der Waals surface area contributed by atoms with Crippen LogP contribution >= 0.6 is 38.6 Å². The van der Waals surface area contributed by atoms with Gasteiger partial charge in [-0.25, -0.2) is 40.9 Å². The van der Waals surface area contributed by atoms with E-state index in [1.807, 2.05) is 77.5 Å². The van der Waals surface area contributed by atoms with Gasteiger partial charge >= 0.3 is 145 Å². The maximum Gasteiger partial charge on any atom is 0.329 e. The molecule has 0 fully saturated rings. The molecule has 0 aliphatic carbocycles. The zero-order chi connectivity index (χ0) is 67.3. The summed E-state index contributed by atoms with van der Waals surface area (Å²) in [6, 6.07) is 37.2. The van der Waals surface area contributed by atoms with E-state index in [0.29, 0.717) is 32.4 Å². The van der Waals surface area contributed by atoms with Crippen molar-refractivity contribution in [3.05, 3.63) is 149 Å². The molecule has 0 saturated heterocycles. The van der Waals surface area contributed by atoms with E-state index in [9.17, 15) is 26.4 Å². The molecule has 0 bridgehead atoms. The first kappa shape index (κ1) is 79.5. The zero-order valence-corrected chi connectivity index (χ0v) is 62.2. The number of nitrogens with zero attached hydrogens (tertiary/aromatic N) is 2. The van der Waals surface area contributed by atoms with E-state index in [0.717, 1.165) is 38.9 Å². The molecule has 0 spiro atoms. The number of aromatic nitrogens is 2. The molecule has 0 saturated carbocycles. The quantitative estimate of drug-likeness (QED) is 0.0390. The van der Waals surface area contributed by atoms with Crippen molar-refractivity contribution >= 4 is 92.8 Å². The standard InChI is InChI=1S/C28H29N3O6S2.C24H25BrN2O5S.C4H4NOS.3C4H9.2CH4.Sn/c1-28(2,3)30-26(32)31-39(33,34)25-16-20(23-17-38-27(29-23)36-5)11-14-24(25)37-22-8-6-7-19(15-22)18-9-12-21(35-4)13-10-18;1-24(2,3)26-23(28)27-33(29,30)22-15-18(25)10-13-21(22)32-20-7-5-6-17(14-20)16-8-11-19(31-4)12-9-16;1-6-4-5-2-3-7-4;3*1-3-4-2;;;/h6-17H,1-5H3,(H2,30,31,32);5-15H,1-4H3,(H2,26,27,28);3H,1H3;3*1,3-4H2,2H3;2*1H4;. The number of rotatable bonds is 25. The zero-order valence-electron chi connectivity index (χ0n) is 54.5. The predicted molar refractivity (Wildman–Crippen MR) is 389 cm³/mol. The Balaban J connectivity index is 0.000000312. The van der Waals surface area contributed by atoms with Crippen molar-refractivity contribution in [2.75, 3.05) is 28.4 Å². The minimum Gasteiger partial charge on any atom is -0.497 e. The second-order valence-corrected chi connectivity index (χ2v) is 42.5. The first-order chi connectivity index (χ1) is 43.7. The molecule has 0 atom stereocenters. The Kier molecular flexibility index (Phi) is 31.2. The molecule has 6 aromatic carbocycles. The number of unbranched alkanes of at least 4 members (excludes halogenated alkanes) is 3. The third-order valence-electron chi connectivity index (χ3n) is 14.0. The number of thiazole rings is 2. The van der Waals surface area contributed by atoms with Crippen LogP contribution in [0.2, 0.25) is 13.3 Å². The number of halogens is 1. The third-order valence-corrected chi connectivity index (χ3v) is 34.5. The number of ether oxygens (including phenoxy) is 6. The summed E-state index contributed by atoms with van der Waals surface area (Å²) in [4.78, 5) is 33.5. The molecule has 4 amide bonds. The summed E-state index contributed by atoms with van der Waals surface area (Å²) in [7, 11) is -2.09. The van der Waals surface area contributed by atoms with E-state index in [1.54, 1.807) is 116 Å². The van der Waals surface area contributed by atoms with Crippen molar-refractivity contribution in [1.29, 1.82) is 0 Å². The van der Waals surface area contributed by atoms with Crippen LogP contribution in [0.3, 0.4) is 0 Å². The SMILES string of the molecule is C.C.CCC[CH2][Sn]([CH2]CCC)([CH2]CCC)[c]1csc(OC)n1.COc1ccc(-c2cccc(Oc3ccc(-c4csc(OC)n4)cc3S(=O)(=O)NC(=O)NC(C)(C)C)c2)cc1.COc1ccc(-c2cccc(Oc3ccc(Br)cc3S(=O)(=O)NC(=O)NC(C)(C)C)c2)cc1. The number of benzene rings is 6. The summed E-state index contributed by atoms with van der Waals surface area (Å²) in [5.74, 6) is 2.48. The van der Waals surface area contributed by atoms with E-state index in [-0.39, 0.29) is 36.1 Å². The van der Waals surface area contributed by atoms with Crippen LogP contribution in [-0.4, -0.2) is 96.8 Å². The number of nitrogens with one attached hydrogen (secondary N) is 4. The molecule has 4 N–H and O–H groups in total. The van der Waals surface area contributed by atoms with Crippen molar-refractivity contribution in [1.82, 2.24) is 30.0 Å². The molecule has 24 heteroatoms. The molecular weight excluding hydrogens is 1440 g/mol. The Bertz CT molecular complexity index is 3910. The monoisotopic (exact) mass is 1540 g/mol. The fourth-order valence-corrected chi connectivity index (χ4v) is 30.6. The first-order valence-corrected chi connectivity index (χ1v) is 43.1. The van der Waals surface area contributed by atoms with Crippen LogP contribution in [0.25, 0.3) is 33.5 Å². The normalized spacial score (nSPS) is 11.3. The summed E-state index contributed by atoms with van der Waals surface area (Å²) < 4.78 is 96.3. The minimum absolute atomic E-state index is 0. The van der Waals surface area contributed by atoms with Gasteiger partial charge in [0, 0.05) is 26.5 Å². The van der Waals surface area contributed by atoms with Gasteiger partial charge in [0.2, 0.25) is 0 Å². The molecule has 0 aliphatic heterocycles. The second kappa shape index (κ2) is 36.8. The van der Waals surface area contributed by atoms with E-state index in [1.165, 1.54) is 98.3 Å². The van der Waals surface area contributed by atoms with Crippen molar-refractivity contribution in [2.45, 2.75) is 150 Å². The van der Waals surface area contributed by atoms with Gasteiger partial charge in [0.15, 0.2) is 0 Å². The number of carbonyl (C=O) groups is 2. The minimum atomic E-state index is -4.34. The van der Waals surface area contributed by atoms with Crippen LogP contribution in [-0.2, 0) is 20.0 Å². The summed E-state index contributed by atoms with van der Waals surface area (Å²) >= 11 is 3.98. The number of carbonyl (C=O) groups excluding carboxylic acids is 2. The predicted octanol–water partition coefficient (Wildman–Crippen LogP) is 18.3. The van der Waals surface area contributed by atoms with Gasteiger partial charge < -0.3 is 34.3 Å². The molecule has 18 nitrogen and oxygen atoms in total. The van der Waals surface area contributed by atoms with Crippen LogP contribution in [0.4, 0.5) is 9.59 Å². The van der Waals surface area contributed by atoms with Crippen molar-refractivity contribution in [3.8, 4) is 78.4 Å². The summed E-state index contributed by atoms with van der Waals surface area (Å²) in [5, 5.41) is 10.6. The Morgan fingerprint density at radius 1 is 0.489 bits per heavy atom. The maximum atomic E-state index is 13.4. The van der Waals surface area contributed by atoms with Gasteiger partial charge in [-0.2, -0.15) is 0 Å². The summed E-state index contributed by atoms with van der Waals surface area (Å²) in [6.45, 7) is 17.5. The smallest absolute Gasteiger partial charge is 0.329 e. The molecule has 0 aliphatic rings. The second-order valence-electron chi connectivity index (χ2n) is 23.6. The number of hydrogen-bond donors (Lipinski definition) is 4. The first-order valence-electron chi connectivity index (χ1n) is 30.1. The van der Waals surface area contributed by atoms with Crippen molar-refractivity contribution in [2.24, 2.45) is 0 Å². The maximum absolute atomic E-state index is 13.4. The van der Waals surface area contributed by atoms with Gasteiger partial charge in [-0.1, -0.05) is 90.7 Å². The largest absolute Gasteiger partial charge is 0.497 e. The van der Waals surface area contributed by atoms with Crippen LogP contribution < -0.4 is 52.2 Å².